The maximum absolute atomic E-state index is 12.2. The lowest BCUT2D eigenvalue weighted by Gasteiger charge is -2.29. The molecule has 3 atom stereocenters. The van der Waals surface area contributed by atoms with Crippen LogP contribution in [0.25, 0.3) is 0 Å². The van der Waals surface area contributed by atoms with E-state index in [-0.39, 0.29) is 6.42 Å². The minimum absolute atomic E-state index is 0.190. The van der Waals surface area contributed by atoms with Crippen molar-refractivity contribution in [2.24, 2.45) is 0 Å². The number of nitrogens with zero attached hydrogens (tertiary/aromatic N) is 1. The van der Waals surface area contributed by atoms with E-state index >= 15 is 0 Å². The number of amides is 2. The highest BCUT2D eigenvalue weighted by Crippen LogP contribution is 2.31. The molecule has 0 unspecified atom stereocenters. The molecule has 2 saturated heterocycles. The number of carbonyl (C=O) groups is 3. The van der Waals surface area contributed by atoms with E-state index in [1.165, 1.54) is 12.0 Å². The third-order valence-electron chi connectivity index (χ3n) is 3.04. The zero-order valence-corrected chi connectivity index (χ0v) is 11.8. The molecule has 0 aromatic carbocycles. The molecule has 2 rings (SSSR count). The fraction of sp³-hybridized carbons (Fsp3) is 0.750. The van der Waals surface area contributed by atoms with Gasteiger partial charge in [0.05, 0.1) is 7.11 Å². The summed E-state index contributed by atoms with van der Waals surface area (Å²) in [4.78, 5) is 36.4. The van der Waals surface area contributed by atoms with Crippen molar-refractivity contribution in [1.82, 2.24) is 10.2 Å². The summed E-state index contributed by atoms with van der Waals surface area (Å²) in [6.45, 7) is 5.15. The summed E-state index contributed by atoms with van der Waals surface area (Å²) in [5.74, 6) is -0.567. The first-order valence-corrected chi connectivity index (χ1v) is 6.29. The lowest BCUT2D eigenvalue weighted by Crippen LogP contribution is -2.52. The van der Waals surface area contributed by atoms with Crippen LogP contribution >= 0.6 is 0 Å². The monoisotopic (exact) mass is 286 g/mol. The normalized spacial score (nSPS) is 28.5. The van der Waals surface area contributed by atoms with Gasteiger partial charge in [-0.05, 0) is 20.8 Å². The Hall–Kier alpha value is -1.99. The molecule has 2 aliphatic rings. The topological polar surface area (TPSA) is 94.2 Å². The molecule has 0 aliphatic carbocycles. The number of ether oxygens (including phenoxy) is 3. The number of carbonyl (C=O) groups excluding carboxylic acids is 3. The van der Waals surface area contributed by atoms with Gasteiger partial charge in [0.15, 0.2) is 0 Å². The smallest absolute Gasteiger partial charge is 0.412 e. The quantitative estimate of drug-likeness (QED) is 0.560. The molecule has 1 N–H and O–H groups in total. The van der Waals surface area contributed by atoms with Crippen molar-refractivity contribution in [3.8, 4) is 0 Å². The number of fused-ring (bicyclic) bond motifs is 1. The Morgan fingerprint density at radius 2 is 2.05 bits per heavy atom. The third kappa shape index (κ3) is 2.63. The van der Waals surface area contributed by atoms with E-state index in [9.17, 15) is 14.4 Å². The Morgan fingerprint density at radius 3 is 2.60 bits per heavy atom. The number of alkyl carbamates (subject to hydrolysis) is 1. The van der Waals surface area contributed by atoms with Crippen molar-refractivity contribution >= 4 is 18.2 Å². The second-order valence-electron chi connectivity index (χ2n) is 5.70. The molecule has 0 spiro atoms. The zero-order chi connectivity index (χ0) is 15.1. The van der Waals surface area contributed by atoms with Gasteiger partial charge in [0.1, 0.15) is 23.9 Å². The molecule has 0 radical (unpaired) electrons. The molecule has 2 aliphatic heterocycles. The molecular weight excluding hydrogens is 268 g/mol. The molecule has 8 heteroatoms. The Kier molecular flexibility index (Phi) is 3.49. The molecule has 2 heterocycles. The fourth-order valence-electron chi connectivity index (χ4n) is 2.30. The number of hydrogen-bond donors (Lipinski definition) is 1. The SMILES string of the molecule is COC(=O)[C@@H]1C[C@H]2OC(=O)N[C@H]2N1C(=O)OC(C)(C)C. The van der Waals surface area contributed by atoms with Gasteiger partial charge in [-0.15, -0.1) is 0 Å². The first kappa shape index (κ1) is 14.4. The van der Waals surface area contributed by atoms with Crippen LogP contribution in [0.1, 0.15) is 27.2 Å². The third-order valence-corrected chi connectivity index (χ3v) is 3.04. The van der Waals surface area contributed by atoms with Crippen LogP contribution < -0.4 is 5.32 Å². The second-order valence-corrected chi connectivity index (χ2v) is 5.70. The maximum Gasteiger partial charge on any atom is 0.412 e. The van der Waals surface area contributed by atoms with Crippen LogP contribution in [-0.4, -0.2) is 54.1 Å². The predicted molar refractivity (Wildman–Crippen MR) is 65.7 cm³/mol. The highest BCUT2D eigenvalue weighted by Gasteiger charge is 2.54. The molecule has 2 fully saturated rings. The van der Waals surface area contributed by atoms with E-state index in [2.05, 4.69) is 10.1 Å². The van der Waals surface area contributed by atoms with Crippen molar-refractivity contribution in [3.63, 3.8) is 0 Å². The molecular formula is C12H18N2O6. The predicted octanol–water partition coefficient (Wildman–Crippen LogP) is 0.603. The van der Waals surface area contributed by atoms with Crippen LogP contribution in [0.5, 0.6) is 0 Å². The highest BCUT2D eigenvalue weighted by molar-refractivity contribution is 5.84. The van der Waals surface area contributed by atoms with E-state index < -0.39 is 42.1 Å². The highest BCUT2D eigenvalue weighted by atomic mass is 16.6. The van der Waals surface area contributed by atoms with Crippen LogP contribution in [-0.2, 0) is 19.0 Å². The summed E-state index contributed by atoms with van der Waals surface area (Å²) in [5.41, 5.74) is -0.709. The molecule has 0 saturated carbocycles. The Balaban J connectivity index is 2.21. The van der Waals surface area contributed by atoms with E-state index in [1.54, 1.807) is 20.8 Å². The molecule has 0 bridgehead atoms. The van der Waals surface area contributed by atoms with Gasteiger partial charge in [0.2, 0.25) is 0 Å². The van der Waals surface area contributed by atoms with Gasteiger partial charge in [-0.2, -0.15) is 0 Å². The van der Waals surface area contributed by atoms with E-state index in [1.807, 2.05) is 0 Å². The molecule has 0 aromatic heterocycles. The average Bonchev–Trinajstić information content (AvgIpc) is 2.80. The molecule has 2 amide bonds. The number of rotatable bonds is 1. The van der Waals surface area contributed by atoms with E-state index in [4.69, 9.17) is 9.47 Å². The standard InChI is InChI=1S/C12H18N2O6/c1-12(2,3)20-11(17)14-6(9(15)18-4)5-7-8(14)13-10(16)19-7/h6-8H,5H2,1-4H3,(H,13,16)/t6-,7+,8-/m0/s1. The van der Waals surface area contributed by atoms with Crippen LogP contribution in [0.4, 0.5) is 9.59 Å². The van der Waals surface area contributed by atoms with Crippen molar-refractivity contribution in [2.75, 3.05) is 7.11 Å². The van der Waals surface area contributed by atoms with Crippen LogP contribution in [0.2, 0.25) is 0 Å². The number of esters is 1. The summed E-state index contributed by atoms with van der Waals surface area (Å²) in [6.07, 6.45) is -2.39. The van der Waals surface area contributed by atoms with Crippen LogP contribution in [0.15, 0.2) is 0 Å². The maximum atomic E-state index is 12.2. The molecule has 112 valence electrons. The average molecular weight is 286 g/mol. The van der Waals surface area contributed by atoms with Gasteiger partial charge in [-0.25, -0.2) is 14.4 Å². The minimum atomic E-state index is -0.828. The van der Waals surface area contributed by atoms with Crippen LogP contribution in [0, 0.1) is 0 Å². The lowest BCUT2D eigenvalue weighted by molar-refractivity contribution is -0.146. The van der Waals surface area contributed by atoms with Crippen LogP contribution in [0.3, 0.4) is 0 Å². The lowest BCUT2D eigenvalue weighted by atomic mass is 10.2. The van der Waals surface area contributed by atoms with Gasteiger partial charge >= 0.3 is 18.2 Å². The van der Waals surface area contributed by atoms with Gasteiger partial charge < -0.3 is 14.2 Å². The van der Waals surface area contributed by atoms with Gasteiger partial charge in [0.25, 0.3) is 0 Å². The number of methoxy groups -OCH3 is 1. The summed E-state index contributed by atoms with van der Waals surface area (Å²) in [6, 6.07) is -0.828. The second kappa shape index (κ2) is 4.84. The van der Waals surface area contributed by atoms with E-state index in [0.29, 0.717) is 0 Å². The minimum Gasteiger partial charge on any atom is -0.467 e. The molecule has 0 aromatic rings. The number of hydrogen-bond acceptors (Lipinski definition) is 6. The van der Waals surface area contributed by atoms with Crippen molar-refractivity contribution in [2.45, 2.75) is 51.1 Å². The van der Waals surface area contributed by atoms with E-state index in [0.717, 1.165) is 0 Å². The summed E-state index contributed by atoms with van der Waals surface area (Å²) in [7, 11) is 1.24. The Labute approximate surface area is 116 Å². The number of likely N-dealkylation sites (tertiary alicyclic amines) is 1. The van der Waals surface area contributed by atoms with Crippen molar-refractivity contribution in [3.05, 3.63) is 0 Å². The van der Waals surface area contributed by atoms with Gasteiger partial charge in [-0.1, -0.05) is 0 Å². The summed E-state index contributed by atoms with van der Waals surface area (Å²) < 4.78 is 15.0. The van der Waals surface area contributed by atoms with Gasteiger partial charge in [0, 0.05) is 6.42 Å². The summed E-state index contributed by atoms with van der Waals surface area (Å²) in [5, 5.41) is 2.50. The fourth-order valence-corrected chi connectivity index (χ4v) is 2.30. The summed E-state index contributed by atoms with van der Waals surface area (Å²) >= 11 is 0. The largest absolute Gasteiger partial charge is 0.467 e. The molecule has 8 nitrogen and oxygen atoms in total. The van der Waals surface area contributed by atoms with Crippen molar-refractivity contribution < 1.29 is 28.6 Å². The molecule has 20 heavy (non-hydrogen) atoms. The first-order chi connectivity index (χ1) is 9.23. The Morgan fingerprint density at radius 1 is 1.40 bits per heavy atom. The van der Waals surface area contributed by atoms with Gasteiger partial charge in [-0.3, -0.25) is 10.2 Å². The zero-order valence-electron chi connectivity index (χ0n) is 11.8. The first-order valence-electron chi connectivity index (χ1n) is 6.29. The Bertz CT molecular complexity index is 444. The number of nitrogens with one attached hydrogen (secondary N) is 1. The van der Waals surface area contributed by atoms with Crippen molar-refractivity contribution in [1.29, 1.82) is 0 Å².